The van der Waals surface area contributed by atoms with Crippen molar-refractivity contribution in [3.63, 3.8) is 0 Å². The topological polar surface area (TPSA) is 95.9 Å². The molecular weight excluding hydrogens is 731 g/mol. The minimum absolute atomic E-state index is 0.00453. The number of carbonyl (C=O) groups excluding carboxylic acids is 2. The summed E-state index contributed by atoms with van der Waals surface area (Å²) in [6, 6.07) is -0.630. The van der Waals surface area contributed by atoms with Gasteiger partial charge in [-0.15, -0.1) is 0 Å². The minimum Gasteiger partial charge on any atom is -0.466 e. The van der Waals surface area contributed by atoms with Crippen LogP contribution in [0.1, 0.15) is 277 Å². The van der Waals surface area contributed by atoms with Crippen molar-refractivity contribution in [1.29, 1.82) is 0 Å². The molecule has 0 spiro atoms. The van der Waals surface area contributed by atoms with Crippen LogP contribution < -0.4 is 5.32 Å². The summed E-state index contributed by atoms with van der Waals surface area (Å²) in [5.74, 6) is -0.0794. The normalized spacial score (nSPS) is 12.8. The van der Waals surface area contributed by atoms with Gasteiger partial charge in [0, 0.05) is 12.8 Å². The van der Waals surface area contributed by atoms with Crippen LogP contribution in [0.2, 0.25) is 0 Å². The largest absolute Gasteiger partial charge is 0.466 e. The first-order valence-electron chi connectivity index (χ1n) is 26.1. The van der Waals surface area contributed by atoms with E-state index in [9.17, 15) is 19.8 Å². The lowest BCUT2D eigenvalue weighted by Gasteiger charge is -2.20. The van der Waals surface area contributed by atoms with Crippen molar-refractivity contribution in [1.82, 2.24) is 5.32 Å². The van der Waals surface area contributed by atoms with Crippen molar-refractivity contribution in [3.05, 3.63) is 24.3 Å². The lowest BCUT2D eigenvalue weighted by molar-refractivity contribution is -0.143. The fraction of sp³-hybridized carbons (Fsp3) is 0.887. The first-order valence-corrected chi connectivity index (χ1v) is 26.1. The predicted molar refractivity (Wildman–Crippen MR) is 255 cm³/mol. The molecule has 0 aromatic rings. The zero-order chi connectivity index (χ0) is 43.0. The van der Waals surface area contributed by atoms with Crippen molar-refractivity contribution in [2.24, 2.45) is 0 Å². The molecule has 2 unspecified atom stereocenters. The number of carbonyl (C=O) groups is 2. The van der Waals surface area contributed by atoms with Crippen LogP contribution in [0.3, 0.4) is 0 Å². The molecule has 1 amide bonds. The standard InChI is InChI=1S/C53H101NO5/c1-3-5-7-9-11-13-15-16-23-27-31-35-39-43-47-53(58)59-48-44-40-36-32-28-24-21-19-17-18-20-22-26-30-34-38-42-46-52(57)54-50(49-55)51(56)45-41-37-33-29-25-14-12-10-8-6-4-2/h15-16,41,45,50-51,55-56H,3-14,17-40,42-44,46-49H2,1-2H3,(H,54,57)/b16-15-,45-41+. The van der Waals surface area contributed by atoms with Gasteiger partial charge in [0.05, 0.1) is 25.4 Å². The van der Waals surface area contributed by atoms with Crippen molar-refractivity contribution >= 4 is 11.9 Å². The molecule has 0 saturated heterocycles. The summed E-state index contributed by atoms with van der Waals surface area (Å²) in [7, 11) is 0. The van der Waals surface area contributed by atoms with Crippen LogP contribution in [-0.4, -0.2) is 47.4 Å². The Balaban J connectivity index is 3.43. The second-order valence-electron chi connectivity index (χ2n) is 17.9. The Kier molecular flexibility index (Phi) is 47.6. The van der Waals surface area contributed by atoms with E-state index >= 15 is 0 Å². The SMILES string of the molecule is CCCCCCC/C=C\CCCCCCCC(=O)OCCCCCCCCCCCCCCCCCCCC(=O)NC(CO)C(O)/C=C/CCCCCCCCCCC. The van der Waals surface area contributed by atoms with Crippen molar-refractivity contribution in [2.45, 2.75) is 289 Å². The average Bonchev–Trinajstić information content (AvgIpc) is 3.24. The highest BCUT2D eigenvalue weighted by Gasteiger charge is 2.18. The van der Waals surface area contributed by atoms with Crippen molar-refractivity contribution in [3.8, 4) is 0 Å². The molecule has 0 rings (SSSR count). The van der Waals surface area contributed by atoms with Gasteiger partial charge >= 0.3 is 5.97 Å². The number of amides is 1. The number of nitrogens with one attached hydrogen (secondary N) is 1. The highest BCUT2D eigenvalue weighted by Crippen LogP contribution is 2.16. The molecule has 0 heterocycles. The molecule has 59 heavy (non-hydrogen) atoms. The van der Waals surface area contributed by atoms with Gasteiger partial charge in [-0.1, -0.05) is 231 Å². The Bertz CT molecular complexity index is 920. The summed E-state index contributed by atoms with van der Waals surface area (Å²) in [6.45, 7) is 4.86. The molecule has 0 aromatic heterocycles. The molecule has 2 atom stereocenters. The summed E-state index contributed by atoms with van der Waals surface area (Å²) in [5.41, 5.74) is 0. The zero-order valence-electron chi connectivity index (χ0n) is 39.5. The number of unbranched alkanes of at least 4 members (excludes halogenated alkanes) is 35. The van der Waals surface area contributed by atoms with Crippen LogP contribution >= 0.6 is 0 Å². The molecular formula is C53H101NO5. The van der Waals surface area contributed by atoms with Crippen LogP contribution in [-0.2, 0) is 14.3 Å². The Morgan fingerprint density at radius 1 is 0.458 bits per heavy atom. The molecule has 6 heteroatoms. The Morgan fingerprint density at radius 3 is 1.20 bits per heavy atom. The maximum atomic E-state index is 12.4. The summed E-state index contributed by atoms with van der Waals surface area (Å²) in [6.07, 6.45) is 57.5. The van der Waals surface area contributed by atoms with Gasteiger partial charge in [0.15, 0.2) is 0 Å². The Morgan fingerprint density at radius 2 is 0.797 bits per heavy atom. The van der Waals surface area contributed by atoms with Crippen LogP contribution in [0, 0.1) is 0 Å². The van der Waals surface area contributed by atoms with E-state index in [-0.39, 0.29) is 18.5 Å². The smallest absolute Gasteiger partial charge is 0.305 e. The lowest BCUT2D eigenvalue weighted by Crippen LogP contribution is -2.45. The van der Waals surface area contributed by atoms with Gasteiger partial charge in [-0.3, -0.25) is 9.59 Å². The summed E-state index contributed by atoms with van der Waals surface area (Å²) >= 11 is 0. The number of aliphatic hydroxyl groups is 2. The van der Waals surface area contributed by atoms with E-state index in [1.165, 1.54) is 205 Å². The summed E-state index contributed by atoms with van der Waals surface area (Å²) < 4.78 is 5.46. The van der Waals surface area contributed by atoms with Gasteiger partial charge < -0.3 is 20.3 Å². The molecule has 0 radical (unpaired) electrons. The van der Waals surface area contributed by atoms with E-state index in [1.54, 1.807) is 6.08 Å². The molecule has 6 nitrogen and oxygen atoms in total. The van der Waals surface area contributed by atoms with Gasteiger partial charge in [-0.05, 0) is 57.8 Å². The second kappa shape index (κ2) is 49.0. The van der Waals surface area contributed by atoms with Gasteiger partial charge in [0.1, 0.15) is 0 Å². The minimum atomic E-state index is -0.846. The molecule has 0 aromatic carbocycles. The second-order valence-corrected chi connectivity index (χ2v) is 17.9. The van der Waals surface area contributed by atoms with E-state index in [2.05, 4.69) is 31.3 Å². The van der Waals surface area contributed by atoms with Crippen LogP contribution in [0.15, 0.2) is 24.3 Å². The number of aliphatic hydroxyl groups excluding tert-OH is 2. The third-order valence-electron chi connectivity index (χ3n) is 12.0. The van der Waals surface area contributed by atoms with Crippen molar-refractivity contribution < 1.29 is 24.5 Å². The first kappa shape index (κ1) is 57.3. The lowest BCUT2D eigenvalue weighted by atomic mass is 10.0. The maximum Gasteiger partial charge on any atom is 0.305 e. The average molecular weight is 832 g/mol. The van der Waals surface area contributed by atoms with Gasteiger partial charge in [-0.25, -0.2) is 0 Å². The monoisotopic (exact) mass is 832 g/mol. The van der Waals surface area contributed by atoms with Gasteiger partial charge in [0.2, 0.25) is 5.91 Å². The van der Waals surface area contributed by atoms with E-state index in [4.69, 9.17) is 4.74 Å². The number of hydrogen-bond acceptors (Lipinski definition) is 5. The highest BCUT2D eigenvalue weighted by atomic mass is 16.5. The van der Waals surface area contributed by atoms with Gasteiger partial charge in [0.25, 0.3) is 0 Å². The van der Waals surface area contributed by atoms with Crippen LogP contribution in [0.5, 0.6) is 0 Å². The van der Waals surface area contributed by atoms with Crippen LogP contribution in [0.25, 0.3) is 0 Å². The van der Waals surface area contributed by atoms with Crippen LogP contribution in [0.4, 0.5) is 0 Å². The van der Waals surface area contributed by atoms with E-state index in [0.29, 0.717) is 19.4 Å². The summed E-state index contributed by atoms with van der Waals surface area (Å²) in [4.78, 5) is 24.4. The van der Waals surface area contributed by atoms with E-state index < -0.39 is 12.1 Å². The van der Waals surface area contributed by atoms with Gasteiger partial charge in [-0.2, -0.15) is 0 Å². The highest BCUT2D eigenvalue weighted by molar-refractivity contribution is 5.76. The Hall–Kier alpha value is -1.66. The van der Waals surface area contributed by atoms with E-state index in [1.807, 2.05) is 6.08 Å². The number of rotatable bonds is 48. The third kappa shape index (κ3) is 45.7. The molecule has 0 bridgehead atoms. The molecule has 348 valence electrons. The molecule has 0 fully saturated rings. The number of ether oxygens (including phenoxy) is 1. The molecule has 0 aliphatic rings. The predicted octanol–water partition coefficient (Wildman–Crippen LogP) is 15.5. The fourth-order valence-corrected chi connectivity index (χ4v) is 7.92. The fourth-order valence-electron chi connectivity index (χ4n) is 7.92. The van der Waals surface area contributed by atoms with Crippen molar-refractivity contribution in [2.75, 3.05) is 13.2 Å². The number of esters is 1. The molecule has 0 aliphatic carbocycles. The quantitative estimate of drug-likeness (QED) is 0.0322. The third-order valence-corrected chi connectivity index (χ3v) is 12.0. The van der Waals surface area contributed by atoms with E-state index in [0.717, 1.165) is 44.9 Å². The molecule has 3 N–H and O–H groups in total. The summed E-state index contributed by atoms with van der Waals surface area (Å²) in [5, 5.41) is 23.0. The first-order chi connectivity index (χ1) is 29.0. The maximum absolute atomic E-state index is 12.4. The zero-order valence-corrected chi connectivity index (χ0v) is 39.5. The number of allylic oxidation sites excluding steroid dienone is 3. The Labute approximate surface area is 367 Å². The molecule has 0 aliphatic heterocycles. The number of hydrogen-bond donors (Lipinski definition) is 3. The molecule has 0 saturated carbocycles.